The standard InChI is InChI=1S/C18H29N5O6/c1-20-9-11-22(12-10-20)13-14(24)19-7-8-21(2)15(25)5-6-18(28)29-23-16(26)3-4-17(23)27/h3-13H2,1-2H3,(H,19,24)/i5+1,6+1,9+1,11+1,13+1,15+1,18+1,22+1. The molecule has 0 radical (unpaired) electrons. The summed E-state index contributed by atoms with van der Waals surface area (Å²) < 4.78 is 0. The molecule has 11 heteroatoms. The first-order valence-electron chi connectivity index (χ1n) is 9.74. The van der Waals surface area contributed by atoms with E-state index >= 15 is 0 Å². The number of carbonyl (C=O) groups excluding carboxylic acids is 5. The molecule has 0 unspecified atom stereocenters. The van der Waals surface area contributed by atoms with Crippen LogP contribution in [0.15, 0.2) is 0 Å². The Balaban J connectivity index is 1.58. The largest absolute Gasteiger partial charge is 0.353 e. The summed E-state index contributed by atoms with van der Waals surface area (Å²) in [6, 6.07) is 0. The van der Waals surface area contributed by atoms with Gasteiger partial charge in [0.05, 0.1) is 13.0 Å². The third-order valence-electron chi connectivity index (χ3n) is 4.90. The van der Waals surface area contributed by atoms with Crippen molar-refractivity contribution in [3.05, 3.63) is 0 Å². The normalized spacial score (nSPS) is 18.1. The molecule has 0 aliphatic carbocycles. The van der Waals surface area contributed by atoms with E-state index in [0.29, 0.717) is 24.7 Å². The average Bonchev–Trinajstić information content (AvgIpc) is 2.99. The minimum Gasteiger partial charge on any atom is -0.353 e. The second-order valence-electron chi connectivity index (χ2n) is 7.29. The lowest BCUT2D eigenvalue weighted by Crippen LogP contribution is -2.48. The molecule has 11 nitrogen and oxygen atoms in total. The number of rotatable bonds is 9. The van der Waals surface area contributed by atoms with Gasteiger partial charge in [-0.2, -0.15) is 0 Å². The molecule has 0 atom stereocenters. The molecular weight excluding hydrogens is 390 g/mol. The first-order valence-corrected chi connectivity index (χ1v) is 9.74. The molecular formula is C18H29N5O6. The van der Waals surface area contributed by atoms with Gasteiger partial charge in [-0.3, -0.25) is 24.1 Å². The van der Waals surface area contributed by atoms with Gasteiger partial charge >= 0.3 is 5.97 Å². The van der Waals surface area contributed by atoms with E-state index in [1.807, 2.05) is 0 Å². The fourth-order valence-electron chi connectivity index (χ4n) is 2.96. The SMILES string of the molecule is CN1CC[15N]([13CH2]C(=O)NCCN(C)[13C](=O)[13CH2][13CH2][13C](=O)ON2C(=O)CCC2=O)[13CH2][13CH2]1. The number of nitrogens with zero attached hydrogens (tertiary/aromatic N) is 4. The van der Waals surface area contributed by atoms with Gasteiger partial charge in [-0.05, 0) is 7.05 Å². The van der Waals surface area contributed by atoms with Crippen LogP contribution < -0.4 is 5.32 Å². The lowest BCUT2D eigenvalue weighted by molar-refractivity contribution is -0.197. The Morgan fingerprint density at radius 1 is 1.03 bits per heavy atom. The highest BCUT2D eigenvalue weighted by molar-refractivity contribution is 6.01. The Hall–Kier alpha value is -2.53. The van der Waals surface area contributed by atoms with Crippen molar-refractivity contribution in [3.8, 4) is 0 Å². The Bertz CT molecular complexity index is 631. The molecule has 162 valence electrons. The molecule has 2 saturated heterocycles. The Morgan fingerprint density at radius 2 is 1.66 bits per heavy atom. The van der Waals surface area contributed by atoms with E-state index in [2.05, 4.69) is 22.2 Å². The highest BCUT2D eigenvalue weighted by atomic mass is 16.8. The molecule has 0 aromatic carbocycles. The Kier molecular flexibility index (Phi) is 8.52. The maximum atomic E-state index is 12.1. The molecule has 4 amide bonds. The van der Waals surface area contributed by atoms with Gasteiger partial charge in [-0.1, -0.05) is 0 Å². The van der Waals surface area contributed by atoms with Gasteiger partial charge in [0.15, 0.2) is 0 Å². The fourth-order valence-corrected chi connectivity index (χ4v) is 2.96. The number of nitrogens with one attached hydrogen (secondary N) is 1. The lowest BCUT2D eigenvalue weighted by atomic mass is 10.4. The summed E-state index contributed by atoms with van der Waals surface area (Å²) in [7, 11) is 3.63. The minimum absolute atomic E-state index is 0.0221. The van der Waals surface area contributed by atoms with Gasteiger partial charge in [-0.15, -0.1) is 5.06 Å². The number of hydrogen-bond acceptors (Lipinski definition) is 8. The van der Waals surface area contributed by atoms with Crippen molar-refractivity contribution in [1.82, 2.24) is 25.1 Å². The van der Waals surface area contributed by atoms with E-state index in [1.165, 1.54) is 4.90 Å². The molecule has 0 spiro atoms. The van der Waals surface area contributed by atoms with Crippen molar-refractivity contribution in [3.63, 3.8) is 0 Å². The monoisotopic (exact) mass is 419 g/mol. The Labute approximate surface area is 169 Å². The van der Waals surface area contributed by atoms with Crippen LogP contribution in [0.5, 0.6) is 0 Å². The number of amides is 4. The van der Waals surface area contributed by atoms with Crippen molar-refractivity contribution < 1.29 is 28.8 Å². The third-order valence-corrected chi connectivity index (χ3v) is 4.90. The first-order chi connectivity index (χ1) is 13.8. The number of imide groups is 1. The van der Waals surface area contributed by atoms with Gasteiger partial charge in [0.1, 0.15) is 0 Å². The second kappa shape index (κ2) is 10.9. The maximum Gasteiger partial charge on any atom is 0.333 e. The molecule has 0 aromatic rings. The zero-order valence-electron chi connectivity index (χ0n) is 17.0. The molecule has 0 aromatic heterocycles. The van der Waals surface area contributed by atoms with Crippen LogP contribution in [0.2, 0.25) is 0 Å². The highest BCUT2D eigenvalue weighted by Crippen LogP contribution is 2.13. The van der Waals surface area contributed by atoms with Crippen LogP contribution in [-0.2, 0) is 28.8 Å². The van der Waals surface area contributed by atoms with Crippen LogP contribution in [0.3, 0.4) is 0 Å². The van der Waals surface area contributed by atoms with Crippen molar-refractivity contribution in [2.75, 3.05) is 59.9 Å². The van der Waals surface area contributed by atoms with E-state index in [1.54, 1.807) is 7.05 Å². The molecule has 2 aliphatic heterocycles. The van der Waals surface area contributed by atoms with E-state index < -0.39 is 17.8 Å². The molecule has 0 bridgehead atoms. The molecule has 2 aliphatic rings. The summed E-state index contributed by atoms with van der Waals surface area (Å²) in [6.07, 6.45) is -0.306. The van der Waals surface area contributed by atoms with Crippen molar-refractivity contribution in [1.29, 1.82) is 0 Å². The Morgan fingerprint density at radius 3 is 2.28 bits per heavy atom. The fraction of sp³-hybridized carbons (Fsp3) is 0.722. The van der Waals surface area contributed by atoms with E-state index in [0.717, 1.165) is 26.2 Å². The predicted octanol–water partition coefficient (Wildman–Crippen LogP) is -1.80. The van der Waals surface area contributed by atoms with Crippen molar-refractivity contribution in [2.24, 2.45) is 0 Å². The molecule has 0 saturated carbocycles. The summed E-state index contributed by atoms with van der Waals surface area (Å²) in [4.78, 5) is 69.0. The third kappa shape index (κ3) is 7.42. The van der Waals surface area contributed by atoms with Crippen LogP contribution >= 0.6 is 0 Å². The van der Waals surface area contributed by atoms with E-state index in [-0.39, 0.29) is 37.5 Å². The van der Waals surface area contributed by atoms with Crippen LogP contribution in [0.25, 0.3) is 0 Å². The molecule has 29 heavy (non-hydrogen) atoms. The highest BCUT2D eigenvalue weighted by Gasteiger charge is 2.32. The topological polar surface area (TPSA) is 120 Å². The summed E-state index contributed by atoms with van der Waals surface area (Å²) in [5, 5.41) is 3.25. The minimum atomic E-state index is -0.809. The number of hydrogen-bond donors (Lipinski definition) is 1. The zero-order chi connectivity index (χ0) is 21.4. The summed E-state index contributed by atoms with van der Waals surface area (Å²) in [5.74, 6) is -2.30. The van der Waals surface area contributed by atoms with Crippen LogP contribution in [0.1, 0.15) is 25.7 Å². The molecule has 1 N–H and O–H groups in total. The summed E-state index contributed by atoms with van der Waals surface area (Å²) >= 11 is 0. The molecule has 2 rings (SSSR count). The first kappa shape index (κ1) is 22.8. The number of hydroxylamine groups is 2. The van der Waals surface area contributed by atoms with Crippen LogP contribution in [-0.4, -0.2) is 109 Å². The quantitative estimate of drug-likeness (QED) is 0.264. The molecule has 2 heterocycles. The van der Waals surface area contributed by atoms with E-state index in [9.17, 15) is 24.0 Å². The van der Waals surface area contributed by atoms with Gasteiger partial charge in [0, 0.05) is 65.6 Å². The lowest BCUT2D eigenvalue weighted by Gasteiger charge is -2.31. The van der Waals surface area contributed by atoms with Crippen molar-refractivity contribution in [2.45, 2.75) is 25.7 Å². The number of likely N-dealkylation sites (N-methyl/N-ethyl adjacent to an activating group) is 2. The summed E-state index contributed by atoms with van der Waals surface area (Å²) in [5.41, 5.74) is 0. The van der Waals surface area contributed by atoms with Crippen molar-refractivity contribution >= 4 is 29.6 Å². The van der Waals surface area contributed by atoms with Gasteiger partial charge in [0.25, 0.3) is 11.8 Å². The van der Waals surface area contributed by atoms with Crippen LogP contribution in [0, 0.1) is 0 Å². The van der Waals surface area contributed by atoms with Crippen LogP contribution in [0.4, 0.5) is 0 Å². The maximum absolute atomic E-state index is 12.1. The number of carbonyl (C=O) groups is 5. The van der Waals surface area contributed by atoms with Gasteiger partial charge in [-0.25, -0.2) is 4.79 Å². The second-order valence-corrected chi connectivity index (χ2v) is 7.29. The number of piperazine rings is 1. The zero-order valence-corrected chi connectivity index (χ0v) is 17.0. The predicted molar refractivity (Wildman–Crippen MR) is 101 cm³/mol. The van der Waals surface area contributed by atoms with E-state index in [4.69, 9.17) is 4.84 Å². The molecule has 2 fully saturated rings. The average molecular weight is 419 g/mol. The summed E-state index contributed by atoms with van der Waals surface area (Å²) in [6.45, 7) is 4.55. The van der Waals surface area contributed by atoms with Gasteiger partial charge in [0.2, 0.25) is 11.8 Å². The smallest absolute Gasteiger partial charge is 0.333 e. The van der Waals surface area contributed by atoms with Gasteiger partial charge < -0.3 is 20.0 Å².